The number of quaternary nitrogens is 1. The van der Waals surface area contributed by atoms with Crippen molar-refractivity contribution in [3.05, 3.63) is 90.1 Å². The number of fused-ring (bicyclic) bond motifs is 4. The Bertz CT molecular complexity index is 1160. The van der Waals surface area contributed by atoms with Gasteiger partial charge in [0.1, 0.15) is 18.7 Å². The smallest absolute Gasteiger partial charge is 0.416 e. The zero-order valence-electron chi connectivity index (χ0n) is 18.8. The molecule has 0 saturated carbocycles. The fourth-order valence-electron chi connectivity index (χ4n) is 6.13. The van der Waals surface area contributed by atoms with Gasteiger partial charge in [-0.2, -0.15) is 13.2 Å². The van der Waals surface area contributed by atoms with Crippen LogP contribution < -0.4 is 17.0 Å². The van der Waals surface area contributed by atoms with E-state index < -0.39 is 17.8 Å². The van der Waals surface area contributed by atoms with Crippen LogP contribution in [-0.4, -0.2) is 33.7 Å². The first-order valence-corrected chi connectivity index (χ1v) is 11.5. The predicted molar refractivity (Wildman–Crippen MR) is 122 cm³/mol. The second kappa shape index (κ2) is 9.44. The van der Waals surface area contributed by atoms with Gasteiger partial charge in [-0.1, -0.05) is 36.4 Å². The van der Waals surface area contributed by atoms with Crippen molar-refractivity contribution in [2.45, 2.75) is 37.7 Å². The molecule has 34 heavy (non-hydrogen) atoms. The van der Waals surface area contributed by atoms with Crippen molar-refractivity contribution in [3.8, 4) is 0 Å². The molecule has 0 aliphatic carbocycles. The van der Waals surface area contributed by atoms with Crippen molar-refractivity contribution in [1.29, 1.82) is 0 Å². The van der Waals surface area contributed by atoms with Crippen molar-refractivity contribution in [3.63, 3.8) is 0 Å². The third-order valence-electron chi connectivity index (χ3n) is 7.82. The second-order valence-electron chi connectivity index (χ2n) is 9.59. The van der Waals surface area contributed by atoms with E-state index in [0.29, 0.717) is 22.9 Å². The molecule has 0 radical (unpaired) electrons. The highest BCUT2D eigenvalue weighted by Crippen LogP contribution is 2.48. The maximum atomic E-state index is 13.1. The molecule has 2 aromatic carbocycles. The van der Waals surface area contributed by atoms with Crippen LogP contribution in [0.3, 0.4) is 0 Å². The van der Waals surface area contributed by atoms with Gasteiger partial charge in [-0.05, 0) is 35.7 Å². The Morgan fingerprint density at radius 1 is 1.12 bits per heavy atom. The number of aromatic nitrogens is 1. The molecule has 4 heterocycles. The molecule has 7 heteroatoms. The average molecular weight is 533 g/mol. The first kappa shape index (κ1) is 24.9. The molecular weight excluding hydrogens is 505 g/mol. The summed E-state index contributed by atoms with van der Waals surface area (Å²) in [5, 5.41) is 12.6. The van der Waals surface area contributed by atoms with Crippen molar-refractivity contribution in [2.75, 3.05) is 13.1 Å². The molecule has 3 saturated heterocycles. The number of aliphatic hydroxyl groups is 1. The number of rotatable bonds is 5. The van der Waals surface area contributed by atoms with Crippen LogP contribution in [0.1, 0.15) is 35.6 Å². The minimum absolute atomic E-state index is 0. The highest BCUT2D eigenvalue weighted by atomic mass is 79.9. The van der Waals surface area contributed by atoms with Gasteiger partial charge in [-0.25, -0.2) is 0 Å². The molecule has 3 aliphatic heterocycles. The standard InChI is InChI=1S/C27H28F3N2O.BrH/c1-2-19-17-32(16-18-7-9-21(10-8-18)27(28,29)30)14-12-20(19)15-25(32)26(33)23-11-13-31-24-6-4-3-5-22(23)24;/h2-11,13,19-20,25-26,33H,1,12,14-17H2;1H/q+1;/p-1/t19-,20-,25+,26-,32-;/m0./s1. The van der Waals surface area contributed by atoms with Gasteiger partial charge >= 0.3 is 6.18 Å². The van der Waals surface area contributed by atoms with Crippen molar-refractivity contribution in [1.82, 2.24) is 4.98 Å². The average Bonchev–Trinajstić information content (AvgIpc) is 2.83. The summed E-state index contributed by atoms with van der Waals surface area (Å²) in [7, 11) is 0. The van der Waals surface area contributed by atoms with Gasteiger partial charge in [0.15, 0.2) is 0 Å². The molecular formula is C27H28BrF3N2O. The predicted octanol–water partition coefficient (Wildman–Crippen LogP) is 2.90. The van der Waals surface area contributed by atoms with Crippen LogP contribution in [0.5, 0.6) is 0 Å². The summed E-state index contributed by atoms with van der Waals surface area (Å²) in [5.41, 5.74) is 1.96. The van der Waals surface area contributed by atoms with Gasteiger partial charge < -0.3 is 26.6 Å². The molecule has 3 fully saturated rings. The minimum atomic E-state index is -4.34. The fraction of sp³-hybridized carbons (Fsp3) is 0.370. The van der Waals surface area contributed by atoms with Gasteiger partial charge in [-0.15, -0.1) is 6.58 Å². The summed E-state index contributed by atoms with van der Waals surface area (Å²) < 4.78 is 39.8. The Kier molecular flexibility index (Phi) is 6.91. The lowest BCUT2D eigenvalue weighted by Crippen LogP contribution is -3.00. The lowest BCUT2D eigenvalue weighted by molar-refractivity contribution is -0.984. The largest absolute Gasteiger partial charge is 1.00 e. The van der Waals surface area contributed by atoms with Gasteiger partial charge in [0.2, 0.25) is 0 Å². The van der Waals surface area contributed by atoms with Gasteiger partial charge in [0.25, 0.3) is 0 Å². The topological polar surface area (TPSA) is 33.1 Å². The summed E-state index contributed by atoms with van der Waals surface area (Å²) in [5.74, 6) is 0.827. The molecule has 1 N–H and O–H groups in total. The molecule has 3 nitrogen and oxygen atoms in total. The van der Waals surface area contributed by atoms with Gasteiger partial charge in [0, 0.05) is 35.9 Å². The molecule has 180 valence electrons. The quantitative estimate of drug-likeness (QED) is 0.405. The Morgan fingerprint density at radius 3 is 2.56 bits per heavy atom. The number of nitrogens with zero attached hydrogens (tertiary/aromatic N) is 2. The monoisotopic (exact) mass is 532 g/mol. The van der Waals surface area contributed by atoms with Crippen LogP contribution in [0.2, 0.25) is 0 Å². The Morgan fingerprint density at radius 2 is 1.85 bits per heavy atom. The van der Waals surface area contributed by atoms with Crippen LogP contribution in [0.25, 0.3) is 10.9 Å². The lowest BCUT2D eigenvalue weighted by Gasteiger charge is -2.58. The Hall–Kier alpha value is -2.22. The molecule has 2 bridgehead atoms. The zero-order chi connectivity index (χ0) is 23.2. The maximum absolute atomic E-state index is 13.1. The number of pyridine rings is 1. The Balaban J connectivity index is 0.00000274. The normalized spacial score (nSPS) is 27.2. The minimum Gasteiger partial charge on any atom is -1.00 e. The van der Waals surface area contributed by atoms with E-state index >= 15 is 0 Å². The first-order chi connectivity index (χ1) is 15.8. The first-order valence-electron chi connectivity index (χ1n) is 11.5. The number of hydrogen-bond donors (Lipinski definition) is 1. The third kappa shape index (κ3) is 4.41. The van der Waals surface area contributed by atoms with E-state index in [2.05, 4.69) is 11.6 Å². The molecule has 0 amide bonds. The molecule has 3 aliphatic rings. The van der Waals surface area contributed by atoms with E-state index in [4.69, 9.17) is 0 Å². The number of alkyl halides is 3. The third-order valence-corrected chi connectivity index (χ3v) is 7.82. The molecule has 3 aromatic rings. The van der Waals surface area contributed by atoms with E-state index in [9.17, 15) is 18.3 Å². The number of benzene rings is 2. The van der Waals surface area contributed by atoms with Crippen molar-refractivity contribution in [2.24, 2.45) is 11.8 Å². The van der Waals surface area contributed by atoms with Gasteiger partial charge in [-0.3, -0.25) is 4.98 Å². The summed E-state index contributed by atoms with van der Waals surface area (Å²) in [6.45, 7) is 6.39. The highest BCUT2D eigenvalue weighted by molar-refractivity contribution is 5.82. The zero-order valence-corrected chi connectivity index (χ0v) is 20.3. The number of para-hydroxylation sites is 1. The fourth-order valence-corrected chi connectivity index (χ4v) is 6.13. The number of halogens is 4. The van der Waals surface area contributed by atoms with Crippen LogP contribution in [-0.2, 0) is 12.7 Å². The molecule has 0 spiro atoms. The van der Waals surface area contributed by atoms with Crippen molar-refractivity contribution >= 4 is 10.9 Å². The molecule has 1 aromatic heterocycles. The SMILES string of the molecule is C=C[C@H]1C[N@@+]2(Cc3ccc(C(F)(F)F)cc3)CC[C@H]1C[C@@H]2[C@@H](O)c1ccnc2ccccc12.[Br-]. The summed E-state index contributed by atoms with van der Waals surface area (Å²) in [6.07, 6.45) is 0.648. The number of hydrogen-bond acceptors (Lipinski definition) is 2. The van der Waals surface area contributed by atoms with Crippen LogP contribution in [0, 0.1) is 11.8 Å². The molecule has 6 rings (SSSR count). The van der Waals surface area contributed by atoms with E-state index in [1.807, 2.05) is 36.4 Å². The summed E-state index contributed by atoms with van der Waals surface area (Å²) >= 11 is 0. The summed E-state index contributed by atoms with van der Waals surface area (Å²) in [6, 6.07) is 15.2. The second-order valence-corrected chi connectivity index (χ2v) is 9.59. The van der Waals surface area contributed by atoms with Crippen LogP contribution >= 0.6 is 0 Å². The van der Waals surface area contributed by atoms with E-state index in [1.54, 1.807) is 18.3 Å². The van der Waals surface area contributed by atoms with Crippen molar-refractivity contribution < 1.29 is 39.7 Å². The number of piperidine rings is 3. The van der Waals surface area contributed by atoms with Crippen LogP contribution in [0.15, 0.2) is 73.4 Å². The molecule has 5 atom stereocenters. The summed E-state index contributed by atoms with van der Waals surface area (Å²) in [4.78, 5) is 4.43. The highest BCUT2D eigenvalue weighted by Gasteiger charge is 2.54. The molecule has 0 unspecified atom stereocenters. The van der Waals surface area contributed by atoms with Crippen LogP contribution in [0.4, 0.5) is 13.2 Å². The maximum Gasteiger partial charge on any atom is 0.416 e. The Labute approximate surface area is 208 Å². The van der Waals surface area contributed by atoms with Gasteiger partial charge in [0.05, 0.1) is 24.2 Å². The number of aliphatic hydroxyl groups excluding tert-OH is 1. The lowest BCUT2D eigenvalue weighted by atomic mass is 9.71. The van der Waals surface area contributed by atoms with E-state index in [-0.39, 0.29) is 23.0 Å². The van der Waals surface area contributed by atoms with E-state index in [1.165, 1.54) is 0 Å². The van der Waals surface area contributed by atoms with E-state index in [0.717, 1.165) is 60.1 Å².